The lowest BCUT2D eigenvalue weighted by molar-refractivity contribution is -0.137. The number of nitrogens with zero attached hydrogens (tertiary/aromatic N) is 2. The number of nitrogens with one attached hydrogen (secondary N) is 3. The number of aromatic nitrogens is 3. The molecule has 0 aliphatic carbocycles. The monoisotopic (exact) mass is 517 g/mol. The predicted octanol–water partition coefficient (Wildman–Crippen LogP) is 6.37. The average molecular weight is 517 g/mol. The van der Waals surface area contributed by atoms with E-state index in [2.05, 4.69) is 20.6 Å². The van der Waals surface area contributed by atoms with Crippen LogP contribution in [-0.4, -0.2) is 27.7 Å². The van der Waals surface area contributed by atoms with Crippen LogP contribution < -0.4 is 20.1 Å². The summed E-state index contributed by atoms with van der Waals surface area (Å²) < 4.78 is 50.0. The summed E-state index contributed by atoms with van der Waals surface area (Å²) >= 11 is 0. The number of alkyl halides is 3. The Morgan fingerprint density at radius 1 is 0.895 bits per heavy atom. The zero-order chi connectivity index (χ0) is 26.3. The molecule has 5 aromatic rings. The van der Waals surface area contributed by atoms with E-state index in [-0.39, 0.29) is 12.4 Å². The van der Waals surface area contributed by atoms with Gasteiger partial charge in [-0.15, -0.1) is 0 Å². The fourth-order valence-electron chi connectivity index (χ4n) is 4.10. The molecular weight excluding hydrogens is 499 g/mol. The summed E-state index contributed by atoms with van der Waals surface area (Å²) in [5, 5.41) is 5.77. The molecule has 38 heavy (non-hydrogen) atoms. The second-order valence-electron chi connectivity index (χ2n) is 8.44. The maximum atomic E-state index is 13.0. The van der Waals surface area contributed by atoms with Crippen LogP contribution in [0, 0.1) is 0 Å². The zero-order valence-corrected chi connectivity index (χ0v) is 19.5. The minimum atomic E-state index is -4.54. The van der Waals surface area contributed by atoms with Gasteiger partial charge in [0.15, 0.2) is 11.5 Å². The van der Waals surface area contributed by atoms with Crippen molar-refractivity contribution in [3.05, 3.63) is 90.1 Å². The molecule has 0 bridgehead atoms. The quantitative estimate of drug-likeness (QED) is 0.251. The summed E-state index contributed by atoms with van der Waals surface area (Å²) in [6, 6.07) is 18.3. The summed E-state index contributed by atoms with van der Waals surface area (Å²) in [6.07, 6.45) is -2.77. The van der Waals surface area contributed by atoms with E-state index >= 15 is 0 Å². The normalized spacial score (nSPS) is 12.5. The SMILES string of the molecule is O=C(Nc1cccc(Nc2nc(-c3ccc4c(c3)OCO4)c3[nH]ccc3n2)c1)c1cccc(C(F)(F)F)c1. The van der Waals surface area contributed by atoms with Crippen molar-refractivity contribution in [1.82, 2.24) is 15.0 Å². The summed E-state index contributed by atoms with van der Waals surface area (Å²) in [6.45, 7) is 0.161. The molecular formula is C27H18F3N5O3. The number of fused-ring (bicyclic) bond motifs is 2. The van der Waals surface area contributed by atoms with Gasteiger partial charge in [0.05, 0.1) is 16.6 Å². The number of rotatable bonds is 5. The first-order chi connectivity index (χ1) is 18.3. The van der Waals surface area contributed by atoms with Crippen molar-refractivity contribution in [2.24, 2.45) is 0 Å². The smallest absolute Gasteiger partial charge is 0.416 e. The van der Waals surface area contributed by atoms with Crippen LogP contribution in [0.3, 0.4) is 0 Å². The second kappa shape index (κ2) is 9.11. The summed E-state index contributed by atoms with van der Waals surface area (Å²) in [5.41, 5.74) is 2.84. The highest BCUT2D eigenvalue weighted by atomic mass is 19.4. The van der Waals surface area contributed by atoms with Crippen LogP contribution in [0.5, 0.6) is 11.5 Å². The molecule has 3 heterocycles. The van der Waals surface area contributed by atoms with Crippen LogP contribution in [-0.2, 0) is 6.18 Å². The first kappa shape index (κ1) is 23.3. The lowest BCUT2D eigenvalue weighted by Crippen LogP contribution is -2.14. The Kier molecular flexibility index (Phi) is 5.60. The highest BCUT2D eigenvalue weighted by Crippen LogP contribution is 2.37. The summed E-state index contributed by atoms with van der Waals surface area (Å²) in [5.74, 6) is 0.932. The van der Waals surface area contributed by atoms with Crippen molar-refractivity contribution in [1.29, 1.82) is 0 Å². The number of benzene rings is 3. The van der Waals surface area contributed by atoms with Gasteiger partial charge in [-0.25, -0.2) is 9.97 Å². The number of halogens is 3. The minimum Gasteiger partial charge on any atom is -0.454 e. The lowest BCUT2D eigenvalue weighted by atomic mass is 10.1. The van der Waals surface area contributed by atoms with Gasteiger partial charge >= 0.3 is 6.18 Å². The molecule has 1 aliphatic rings. The van der Waals surface area contributed by atoms with Crippen LogP contribution in [0.4, 0.5) is 30.5 Å². The Morgan fingerprint density at radius 3 is 2.58 bits per heavy atom. The molecule has 6 rings (SSSR count). The van der Waals surface area contributed by atoms with Crippen molar-refractivity contribution in [2.75, 3.05) is 17.4 Å². The van der Waals surface area contributed by atoms with Crippen LogP contribution in [0.15, 0.2) is 79.0 Å². The van der Waals surface area contributed by atoms with Gasteiger partial charge in [-0.05, 0) is 60.7 Å². The number of aromatic amines is 1. The highest BCUT2D eigenvalue weighted by molar-refractivity contribution is 6.04. The molecule has 1 aliphatic heterocycles. The van der Waals surface area contributed by atoms with Crippen molar-refractivity contribution in [3.63, 3.8) is 0 Å². The lowest BCUT2D eigenvalue weighted by Gasteiger charge is -2.12. The molecule has 1 amide bonds. The molecule has 0 spiro atoms. The number of anilines is 3. The van der Waals surface area contributed by atoms with E-state index in [9.17, 15) is 18.0 Å². The average Bonchev–Trinajstić information content (AvgIpc) is 3.57. The van der Waals surface area contributed by atoms with Gasteiger partial charge in [0, 0.05) is 28.7 Å². The molecule has 0 saturated carbocycles. The van der Waals surface area contributed by atoms with E-state index in [1.54, 1.807) is 30.5 Å². The molecule has 0 atom stereocenters. The molecule has 2 aromatic heterocycles. The number of hydrogen-bond acceptors (Lipinski definition) is 6. The first-order valence-electron chi connectivity index (χ1n) is 11.4. The Bertz CT molecular complexity index is 1680. The third-order valence-electron chi connectivity index (χ3n) is 5.88. The Labute approximate surface area is 213 Å². The third kappa shape index (κ3) is 4.57. The number of hydrogen-bond donors (Lipinski definition) is 3. The van der Waals surface area contributed by atoms with Gasteiger partial charge in [0.1, 0.15) is 5.69 Å². The fraction of sp³-hybridized carbons (Fsp3) is 0.0741. The van der Waals surface area contributed by atoms with Crippen molar-refractivity contribution >= 4 is 34.3 Å². The highest BCUT2D eigenvalue weighted by Gasteiger charge is 2.31. The molecule has 3 N–H and O–H groups in total. The van der Waals surface area contributed by atoms with Gasteiger partial charge < -0.3 is 25.1 Å². The third-order valence-corrected chi connectivity index (χ3v) is 5.88. The number of carbonyl (C=O) groups is 1. The van der Waals surface area contributed by atoms with Crippen LogP contribution >= 0.6 is 0 Å². The number of carbonyl (C=O) groups excluding carboxylic acids is 1. The predicted molar refractivity (Wildman–Crippen MR) is 135 cm³/mol. The molecule has 0 unspecified atom stereocenters. The molecule has 0 fully saturated rings. The second-order valence-corrected chi connectivity index (χ2v) is 8.44. The molecule has 0 saturated heterocycles. The van der Waals surface area contributed by atoms with Crippen molar-refractivity contribution in [3.8, 4) is 22.8 Å². The molecule has 8 nitrogen and oxygen atoms in total. The summed E-state index contributed by atoms with van der Waals surface area (Å²) in [7, 11) is 0. The number of amides is 1. The van der Waals surface area contributed by atoms with E-state index in [1.165, 1.54) is 12.1 Å². The van der Waals surface area contributed by atoms with Gasteiger partial charge in [-0.3, -0.25) is 4.79 Å². The maximum Gasteiger partial charge on any atom is 0.416 e. The van der Waals surface area contributed by atoms with Crippen LogP contribution in [0.2, 0.25) is 0 Å². The van der Waals surface area contributed by atoms with Gasteiger partial charge in [0.25, 0.3) is 5.91 Å². The Hall–Kier alpha value is -5.06. The first-order valence-corrected chi connectivity index (χ1v) is 11.4. The van der Waals surface area contributed by atoms with Gasteiger partial charge in [-0.1, -0.05) is 12.1 Å². The zero-order valence-electron chi connectivity index (χ0n) is 19.5. The Morgan fingerprint density at radius 2 is 1.71 bits per heavy atom. The van der Waals surface area contributed by atoms with Crippen LogP contribution in [0.25, 0.3) is 22.3 Å². The van der Waals surface area contributed by atoms with E-state index in [0.717, 1.165) is 23.2 Å². The minimum absolute atomic E-state index is 0.104. The van der Waals surface area contributed by atoms with Gasteiger partial charge in [-0.2, -0.15) is 13.2 Å². The maximum absolute atomic E-state index is 13.0. The van der Waals surface area contributed by atoms with Crippen molar-refractivity contribution < 1.29 is 27.4 Å². The molecule has 190 valence electrons. The topological polar surface area (TPSA) is 101 Å². The van der Waals surface area contributed by atoms with Crippen molar-refractivity contribution in [2.45, 2.75) is 6.18 Å². The largest absolute Gasteiger partial charge is 0.454 e. The number of ether oxygens (including phenoxy) is 2. The standard InChI is InChI=1S/C27H18F3N5O3/c28-27(29,30)17-4-1-3-16(11-17)25(36)32-18-5-2-6-19(13-18)33-26-34-20-9-10-31-24(20)23(35-26)15-7-8-21-22(12-15)38-14-37-21/h1-13,31H,14H2,(H,32,36)(H,33,34,35). The van der Waals surface area contributed by atoms with E-state index in [4.69, 9.17) is 14.5 Å². The van der Waals surface area contributed by atoms with E-state index < -0.39 is 17.6 Å². The summed E-state index contributed by atoms with van der Waals surface area (Å²) in [4.78, 5) is 25.0. The van der Waals surface area contributed by atoms with E-state index in [0.29, 0.717) is 40.0 Å². The Balaban J connectivity index is 1.26. The molecule has 11 heteroatoms. The van der Waals surface area contributed by atoms with E-state index in [1.807, 2.05) is 24.3 Å². The molecule has 0 radical (unpaired) electrons. The van der Waals surface area contributed by atoms with Crippen LogP contribution in [0.1, 0.15) is 15.9 Å². The number of H-pyrrole nitrogens is 1. The van der Waals surface area contributed by atoms with Gasteiger partial charge in [0.2, 0.25) is 12.7 Å². The fourth-order valence-corrected chi connectivity index (χ4v) is 4.10. The molecule has 3 aromatic carbocycles.